The molecule has 0 radical (unpaired) electrons. The van der Waals surface area contributed by atoms with Crippen LogP contribution in [0.25, 0.3) is 0 Å². The SMILES string of the molecule is CCCNC(=O)c1ccc(NC(=O)COc2ccc(Cl)cc2)cc1. The maximum absolute atomic E-state index is 11.9. The molecule has 2 aromatic carbocycles. The largest absolute Gasteiger partial charge is 0.484 e. The Labute approximate surface area is 146 Å². The van der Waals surface area contributed by atoms with Crippen LogP contribution < -0.4 is 15.4 Å². The Hall–Kier alpha value is -2.53. The molecule has 6 heteroatoms. The molecule has 2 rings (SSSR count). The summed E-state index contributed by atoms with van der Waals surface area (Å²) in [5, 5.41) is 6.11. The fourth-order valence-corrected chi connectivity index (χ4v) is 2.05. The highest BCUT2D eigenvalue weighted by Gasteiger charge is 2.07. The smallest absolute Gasteiger partial charge is 0.262 e. The van der Waals surface area contributed by atoms with Crippen LogP contribution in [0.5, 0.6) is 5.75 Å². The summed E-state index contributed by atoms with van der Waals surface area (Å²) in [7, 11) is 0. The number of ether oxygens (including phenoxy) is 1. The molecule has 0 spiro atoms. The van der Waals surface area contributed by atoms with Gasteiger partial charge < -0.3 is 15.4 Å². The molecule has 0 heterocycles. The Bertz CT molecular complexity index is 684. The fraction of sp³-hybridized carbons (Fsp3) is 0.222. The molecule has 2 amide bonds. The van der Waals surface area contributed by atoms with Crippen molar-refractivity contribution >= 4 is 29.1 Å². The minimum absolute atomic E-state index is 0.111. The lowest BCUT2D eigenvalue weighted by Gasteiger charge is -2.08. The molecule has 0 aliphatic rings. The third-order valence-electron chi connectivity index (χ3n) is 3.15. The van der Waals surface area contributed by atoms with Crippen LogP contribution >= 0.6 is 11.6 Å². The number of carbonyl (C=O) groups excluding carboxylic acids is 2. The molecule has 24 heavy (non-hydrogen) atoms. The van der Waals surface area contributed by atoms with E-state index in [0.29, 0.717) is 28.6 Å². The van der Waals surface area contributed by atoms with Crippen LogP contribution in [0.4, 0.5) is 5.69 Å². The Kier molecular flexibility index (Phi) is 6.63. The van der Waals surface area contributed by atoms with E-state index < -0.39 is 0 Å². The molecular weight excluding hydrogens is 328 g/mol. The van der Waals surface area contributed by atoms with Crippen molar-refractivity contribution in [2.24, 2.45) is 0 Å². The first-order chi connectivity index (χ1) is 11.6. The normalized spacial score (nSPS) is 10.1. The predicted octanol–water partition coefficient (Wildman–Crippen LogP) is 3.50. The second-order valence-electron chi connectivity index (χ2n) is 5.12. The molecule has 0 bridgehead atoms. The summed E-state index contributed by atoms with van der Waals surface area (Å²) in [5.41, 5.74) is 1.16. The highest BCUT2D eigenvalue weighted by Crippen LogP contribution is 2.15. The highest BCUT2D eigenvalue weighted by atomic mass is 35.5. The molecule has 2 aromatic rings. The van der Waals surface area contributed by atoms with Crippen LogP contribution in [0.2, 0.25) is 5.02 Å². The van der Waals surface area contributed by atoms with E-state index in [1.165, 1.54) is 0 Å². The Balaban J connectivity index is 1.83. The van der Waals surface area contributed by atoms with Crippen LogP contribution in [0.3, 0.4) is 0 Å². The number of anilines is 1. The van der Waals surface area contributed by atoms with Crippen molar-refractivity contribution in [1.82, 2.24) is 5.32 Å². The van der Waals surface area contributed by atoms with E-state index in [9.17, 15) is 9.59 Å². The number of hydrogen-bond acceptors (Lipinski definition) is 3. The van der Waals surface area contributed by atoms with Gasteiger partial charge in [0.1, 0.15) is 5.75 Å². The fourth-order valence-electron chi connectivity index (χ4n) is 1.92. The lowest BCUT2D eigenvalue weighted by atomic mass is 10.2. The van der Waals surface area contributed by atoms with Crippen molar-refractivity contribution in [2.75, 3.05) is 18.5 Å². The molecule has 0 aliphatic heterocycles. The topological polar surface area (TPSA) is 67.4 Å². The maximum atomic E-state index is 11.9. The van der Waals surface area contributed by atoms with Gasteiger partial charge in [0.05, 0.1) is 0 Å². The molecule has 0 aliphatic carbocycles. The molecule has 2 N–H and O–H groups in total. The summed E-state index contributed by atoms with van der Waals surface area (Å²) in [4.78, 5) is 23.7. The van der Waals surface area contributed by atoms with E-state index in [-0.39, 0.29) is 18.4 Å². The quantitative estimate of drug-likeness (QED) is 0.806. The van der Waals surface area contributed by atoms with Gasteiger partial charge in [-0.15, -0.1) is 0 Å². The van der Waals surface area contributed by atoms with Crippen LogP contribution in [0, 0.1) is 0 Å². The molecule has 5 nitrogen and oxygen atoms in total. The Morgan fingerprint density at radius 1 is 1.04 bits per heavy atom. The van der Waals surface area contributed by atoms with Gasteiger partial charge in [-0.1, -0.05) is 18.5 Å². The Morgan fingerprint density at radius 2 is 1.71 bits per heavy atom. The minimum atomic E-state index is -0.284. The molecule has 126 valence electrons. The first-order valence-corrected chi connectivity index (χ1v) is 8.02. The molecular formula is C18H19ClN2O3. The van der Waals surface area contributed by atoms with Crippen molar-refractivity contribution < 1.29 is 14.3 Å². The van der Waals surface area contributed by atoms with E-state index in [1.807, 2.05) is 6.92 Å². The average molecular weight is 347 g/mol. The van der Waals surface area contributed by atoms with Crippen molar-refractivity contribution in [3.05, 3.63) is 59.1 Å². The second kappa shape index (κ2) is 8.93. The lowest BCUT2D eigenvalue weighted by molar-refractivity contribution is -0.118. The van der Waals surface area contributed by atoms with Gasteiger partial charge in [-0.25, -0.2) is 0 Å². The maximum Gasteiger partial charge on any atom is 0.262 e. The minimum Gasteiger partial charge on any atom is -0.484 e. The first kappa shape index (κ1) is 17.8. The highest BCUT2D eigenvalue weighted by molar-refractivity contribution is 6.30. The molecule has 0 saturated heterocycles. The van der Waals surface area contributed by atoms with E-state index in [1.54, 1.807) is 48.5 Å². The van der Waals surface area contributed by atoms with Crippen molar-refractivity contribution in [1.29, 1.82) is 0 Å². The van der Waals surface area contributed by atoms with E-state index in [2.05, 4.69) is 10.6 Å². The van der Waals surface area contributed by atoms with Gasteiger partial charge in [-0.3, -0.25) is 9.59 Å². The molecule has 0 unspecified atom stereocenters. The molecule has 0 aromatic heterocycles. The summed E-state index contributed by atoms with van der Waals surface area (Å²) in [6.07, 6.45) is 0.882. The van der Waals surface area contributed by atoms with Gasteiger partial charge in [0.15, 0.2) is 6.61 Å². The number of nitrogens with one attached hydrogen (secondary N) is 2. The van der Waals surface area contributed by atoms with Gasteiger partial charge in [0.25, 0.3) is 11.8 Å². The zero-order chi connectivity index (χ0) is 17.4. The third-order valence-corrected chi connectivity index (χ3v) is 3.40. The number of hydrogen-bond donors (Lipinski definition) is 2. The second-order valence-corrected chi connectivity index (χ2v) is 5.56. The summed E-state index contributed by atoms with van der Waals surface area (Å²) >= 11 is 5.78. The lowest BCUT2D eigenvalue weighted by Crippen LogP contribution is -2.24. The van der Waals surface area contributed by atoms with Crippen LogP contribution in [0.1, 0.15) is 23.7 Å². The summed E-state index contributed by atoms with van der Waals surface area (Å²) in [6.45, 7) is 2.52. The van der Waals surface area contributed by atoms with Crippen LogP contribution in [0.15, 0.2) is 48.5 Å². The summed E-state index contributed by atoms with van der Waals surface area (Å²) in [6, 6.07) is 13.5. The molecule has 0 fully saturated rings. The standard InChI is InChI=1S/C18H19ClN2O3/c1-2-11-20-18(23)13-3-7-15(8-4-13)21-17(22)12-24-16-9-5-14(19)6-10-16/h3-10H,2,11-12H2,1H3,(H,20,23)(H,21,22). The summed E-state index contributed by atoms with van der Waals surface area (Å²) in [5.74, 6) is 0.159. The predicted molar refractivity (Wildman–Crippen MR) is 94.6 cm³/mol. The number of carbonyl (C=O) groups is 2. The van der Waals surface area contributed by atoms with Crippen molar-refractivity contribution in [2.45, 2.75) is 13.3 Å². The van der Waals surface area contributed by atoms with Crippen molar-refractivity contribution in [3.63, 3.8) is 0 Å². The number of amides is 2. The van der Waals surface area contributed by atoms with E-state index >= 15 is 0 Å². The van der Waals surface area contributed by atoms with Gasteiger partial charge in [0, 0.05) is 22.8 Å². The number of halogens is 1. The molecule has 0 saturated carbocycles. The first-order valence-electron chi connectivity index (χ1n) is 7.65. The third kappa shape index (κ3) is 5.59. The van der Waals surface area contributed by atoms with Gasteiger partial charge in [-0.05, 0) is 55.0 Å². The average Bonchev–Trinajstić information content (AvgIpc) is 2.60. The van der Waals surface area contributed by atoms with Gasteiger partial charge >= 0.3 is 0 Å². The zero-order valence-electron chi connectivity index (χ0n) is 13.3. The van der Waals surface area contributed by atoms with Crippen LogP contribution in [-0.2, 0) is 4.79 Å². The Morgan fingerprint density at radius 3 is 2.33 bits per heavy atom. The molecule has 0 atom stereocenters. The monoisotopic (exact) mass is 346 g/mol. The number of benzene rings is 2. The number of rotatable bonds is 7. The van der Waals surface area contributed by atoms with Gasteiger partial charge in [0.2, 0.25) is 0 Å². The van der Waals surface area contributed by atoms with Crippen LogP contribution in [-0.4, -0.2) is 25.0 Å². The summed E-state index contributed by atoms with van der Waals surface area (Å²) < 4.78 is 5.37. The van der Waals surface area contributed by atoms with E-state index in [4.69, 9.17) is 16.3 Å². The van der Waals surface area contributed by atoms with Gasteiger partial charge in [-0.2, -0.15) is 0 Å². The van der Waals surface area contributed by atoms with Crippen molar-refractivity contribution in [3.8, 4) is 5.75 Å². The zero-order valence-corrected chi connectivity index (χ0v) is 14.1. The van der Waals surface area contributed by atoms with E-state index in [0.717, 1.165) is 6.42 Å².